The van der Waals surface area contributed by atoms with Crippen molar-refractivity contribution in [1.29, 1.82) is 0 Å². The normalized spacial score (nSPS) is 22.6. The molecule has 3 amide bonds. The first-order valence-electron chi connectivity index (χ1n) is 10.2. The largest absolute Gasteiger partial charge is 0.376 e. The number of fused-ring (bicyclic) bond motifs is 1. The summed E-state index contributed by atoms with van der Waals surface area (Å²) in [7, 11) is 1.46. The number of hydrogen-bond acceptors (Lipinski definition) is 5. The zero-order chi connectivity index (χ0) is 22.8. The van der Waals surface area contributed by atoms with Crippen LogP contribution >= 0.6 is 0 Å². The molecule has 0 bridgehead atoms. The molecule has 1 saturated carbocycles. The van der Waals surface area contributed by atoms with E-state index in [9.17, 15) is 23.2 Å². The fraction of sp³-hybridized carbons (Fsp3) is 0.524. The molecule has 0 radical (unpaired) electrons. The first-order valence-corrected chi connectivity index (χ1v) is 10.2. The monoisotopic (exact) mass is 435 g/mol. The Kier molecular flexibility index (Phi) is 6.56. The number of para-hydroxylation sites is 1. The Bertz CT molecular complexity index is 899. The zero-order valence-corrected chi connectivity index (χ0v) is 17.5. The summed E-state index contributed by atoms with van der Waals surface area (Å²) in [5, 5.41) is 5.54. The van der Waals surface area contributed by atoms with Crippen molar-refractivity contribution < 1.29 is 23.2 Å². The molecule has 2 fully saturated rings. The quantitative estimate of drug-likeness (QED) is 0.505. The van der Waals surface area contributed by atoms with Gasteiger partial charge in [-0.05, 0) is 31.7 Å². The lowest BCUT2D eigenvalue weighted by Gasteiger charge is -2.27. The van der Waals surface area contributed by atoms with Crippen molar-refractivity contribution >= 4 is 29.1 Å². The second-order valence-corrected chi connectivity index (χ2v) is 8.06. The highest BCUT2D eigenvalue weighted by Gasteiger charge is 2.55. The highest BCUT2D eigenvalue weighted by molar-refractivity contribution is 6.46. The summed E-state index contributed by atoms with van der Waals surface area (Å²) in [6.07, 6.45) is 0.925. The molecule has 1 aromatic carbocycles. The number of carbonyl (C=O) groups excluding carboxylic acids is 3. The molecular formula is C21H27F2N5O3. The number of halogens is 2. The van der Waals surface area contributed by atoms with Crippen LogP contribution < -0.4 is 16.4 Å². The van der Waals surface area contributed by atoms with Crippen molar-refractivity contribution in [3.63, 3.8) is 0 Å². The summed E-state index contributed by atoms with van der Waals surface area (Å²) in [6, 6.07) is 6.20. The van der Waals surface area contributed by atoms with Crippen molar-refractivity contribution in [1.82, 2.24) is 10.2 Å². The van der Waals surface area contributed by atoms with E-state index in [2.05, 4.69) is 15.6 Å². The first-order chi connectivity index (χ1) is 14.6. The number of primary amides is 1. The predicted molar refractivity (Wildman–Crippen MR) is 112 cm³/mol. The Morgan fingerprint density at radius 1 is 1.26 bits per heavy atom. The summed E-state index contributed by atoms with van der Waals surface area (Å²) in [5.74, 6) is -3.94. The topological polar surface area (TPSA) is 117 Å². The van der Waals surface area contributed by atoms with Crippen LogP contribution in [0.1, 0.15) is 31.7 Å². The number of amides is 3. The number of likely N-dealkylation sites (tertiary alicyclic amines) is 1. The molecule has 0 aromatic heterocycles. The van der Waals surface area contributed by atoms with E-state index in [-0.39, 0.29) is 36.7 Å². The van der Waals surface area contributed by atoms with E-state index in [1.807, 2.05) is 0 Å². The molecule has 0 spiro atoms. The minimum Gasteiger partial charge on any atom is -0.376 e. The molecule has 168 valence electrons. The number of nitrogens with two attached hydrogens (primary N) is 1. The smallest absolute Gasteiger partial charge is 0.267 e. The van der Waals surface area contributed by atoms with Gasteiger partial charge in [0.05, 0.1) is 6.54 Å². The van der Waals surface area contributed by atoms with Crippen LogP contribution in [0.2, 0.25) is 0 Å². The van der Waals surface area contributed by atoms with E-state index in [0.29, 0.717) is 17.7 Å². The van der Waals surface area contributed by atoms with Gasteiger partial charge in [-0.15, -0.1) is 0 Å². The summed E-state index contributed by atoms with van der Waals surface area (Å²) >= 11 is 0. The number of anilines is 1. The summed E-state index contributed by atoms with van der Waals surface area (Å²) in [4.78, 5) is 42.6. The lowest BCUT2D eigenvalue weighted by Crippen LogP contribution is -2.50. The van der Waals surface area contributed by atoms with Crippen LogP contribution in [0.25, 0.3) is 0 Å². The van der Waals surface area contributed by atoms with Crippen LogP contribution in [0.15, 0.2) is 29.3 Å². The van der Waals surface area contributed by atoms with Gasteiger partial charge >= 0.3 is 0 Å². The van der Waals surface area contributed by atoms with Gasteiger partial charge in [0, 0.05) is 37.3 Å². The van der Waals surface area contributed by atoms with Gasteiger partial charge in [-0.1, -0.05) is 18.2 Å². The third-order valence-electron chi connectivity index (χ3n) is 5.63. The molecule has 2 aliphatic rings. The fourth-order valence-corrected chi connectivity index (χ4v) is 4.04. The minimum absolute atomic E-state index is 0.00583. The number of rotatable bonds is 9. The second-order valence-electron chi connectivity index (χ2n) is 8.06. The van der Waals surface area contributed by atoms with Crippen LogP contribution in [0.4, 0.5) is 14.5 Å². The fourth-order valence-electron chi connectivity index (χ4n) is 4.04. The molecule has 4 N–H and O–H groups in total. The lowest BCUT2D eigenvalue weighted by molar-refractivity contribution is -0.138. The SMILES string of the molecule is CN=C(C(N)=O)c1ccccc1NCC(=O)N1[C@@H]2C[C@@H]2C[C@H]1C(=O)NCCC(C)(F)F. The van der Waals surface area contributed by atoms with Crippen molar-refractivity contribution in [3.05, 3.63) is 29.8 Å². The van der Waals surface area contributed by atoms with Gasteiger partial charge in [-0.3, -0.25) is 19.4 Å². The van der Waals surface area contributed by atoms with Gasteiger partial charge in [-0.2, -0.15) is 0 Å². The number of aliphatic imine (C=N–C) groups is 1. The average Bonchev–Trinajstić information content (AvgIpc) is 3.35. The van der Waals surface area contributed by atoms with Gasteiger partial charge < -0.3 is 21.3 Å². The van der Waals surface area contributed by atoms with Crippen LogP contribution in [0.5, 0.6) is 0 Å². The Morgan fingerprint density at radius 3 is 2.61 bits per heavy atom. The number of alkyl halides is 2. The Labute approximate surface area is 179 Å². The Hall–Kier alpha value is -3.04. The molecule has 8 nitrogen and oxygen atoms in total. The molecule has 1 aromatic rings. The van der Waals surface area contributed by atoms with Gasteiger partial charge in [-0.25, -0.2) is 8.78 Å². The highest BCUT2D eigenvalue weighted by Crippen LogP contribution is 2.47. The molecule has 1 aliphatic heterocycles. The molecular weight excluding hydrogens is 408 g/mol. The number of nitrogens with one attached hydrogen (secondary N) is 2. The third kappa shape index (κ3) is 5.36. The maximum atomic E-state index is 13.0. The molecule has 10 heteroatoms. The maximum Gasteiger partial charge on any atom is 0.267 e. The Balaban J connectivity index is 1.64. The van der Waals surface area contributed by atoms with E-state index in [0.717, 1.165) is 13.3 Å². The molecule has 0 unspecified atom stereocenters. The number of nitrogens with zero attached hydrogens (tertiary/aromatic N) is 2. The molecule has 31 heavy (non-hydrogen) atoms. The van der Waals surface area contributed by atoms with Crippen LogP contribution in [-0.2, 0) is 14.4 Å². The molecule has 1 aliphatic carbocycles. The summed E-state index contributed by atoms with van der Waals surface area (Å²) in [6.45, 7) is 0.566. The van der Waals surface area contributed by atoms with E-state index in [1.165, 1.54) is 7.05 Å². The van der Waals surface area contributed by atoms with Crippen molar-refractivity contribution in [2.45, 2.75) is 44.2 Å². The van der Waals surface area contributed by atoms with Gasteiger partial charge in [0.2, 0.25) is 17.7 Å². The van der Waals surface area contributed by atoms with Crippen LogP contribution in [-0.4, -0.2) is 66.5 Å². The third-order valence-corrected chi connectivity index (χ3v) is 5.63. The highest BCUT2D eigenvalue weighted by atomic mass is 19.3. The first kappa shape index (κ1) is 22.6. The van der Waals surface area contributed by atoms with E-state index in [1.54, 1.807) is 29.2 Å². The van der Waals surface area contributed by atoms with E-state index < -0.39 is 30.2 Å². The molecule has 3 atom stereocenters. The minimum atomic E-state index is -2.86. The molecule has 1 heterocycles. The maximum absolute atomic E-state index is 13.0. The molecule has 3 rings (SSSR count). The number of benzene rings is 1. The molecule has 1 saturated heterocycles. The van der Waals surface area contributed by atoms with Crippen LogP contribution in [0.3, 0.4) is 0 Å². The van der Waals surface area contributed by atoms with Gasteiger partial charge in [0.25, 0.3) is 5.91 Å². The summed E-state index contributed by atoms with van der Waals surface area (Å²) in [5.41, 5.74) is 6.47. The lowest BCUT2D eigenvalue weighted by atomic mass is 10.1. The van der Waals surface area contributed by atoms with Crippen molar-refractivity contribution in [3.8, 4) is 0 Å². The number of piperidine rings is 1. The van der Waals surface area contributed by atoms with Crippen molar-refractivity contribution in [2.75, 3.05) is 25.5 Å². The summed E-state index contributed by atoms with van der Waals surface area (Å²) < 4.78 is 26.0. The van der Waals surface area contributed by atoms with Crippen LogP contribution in [0, 0.1) is 5.92 Å². The average molecular weight is 435 g/mol. The number of carbonyl (C=O) groups is 3. The van der Waals surface area contributed by atoms with E-state index >= 15 is 0 Å². The second kappa shape index (κ2) is 8.99. The van der Waals surface area contributed by atoms with Crippen molar-refractivity contribution in [2.24, 2.45) is 16.6 Å². The zero-order valence-electron chi connectivity index (χ0n) is 17.5. The Morgan fingerprint density at radius 2 is 1.97 bits per heavy atom. The van der Waals surface area contributed by atoms with Gasteiger partial charge in [0.15, 0.2) is 0 Å². The van der Waals surface area contributed by atoms with E-state index in [4.69, 9.17) is 5.73 Å². The standard InChI is InChI=1S/C21H27F2N5O3/c1-21(22,23)7-8-26-20(31)16-10-12-9-15(12)28(16)17(29)11-27-14-6-4-3-5-13(14)18(25-2)19(24)30/h3-6,12,15-16,27H,7-11H2,1-2H3,(H2,24,30)(H,26,31)/t12-,15-,16+/m1/s1. The predicted octanol–water partition coefficient (Wildman–Crippen LogP) is 1.15. The number of hydrogen-bond donors (Lipinski definition) is 3. The van der Waals surface area contributed by atoms with Gasteiger partial charge in [0.1, 0.15) is 11.8 Å².